The van der Waals surface area contributed by atoms with Crippen LogP contribution in [0.2, 0.25) is 0 Å². The molecule has 1 rings (SSSR count). The summed E-state index contributed by atoms with van der Waals surface area (Å²) in [4.78, 5) is 36.4. The first-order chi connectivity index (χ1) is 10.3. The Hall–Kier alpha value is -2.37. The molecular weight excluding hydrogens is 282 g/mol. The van der Waals surface area contributed by atoms with E-state index in [1.807, 2.05) is 44.2 Å². The maximum atomic E-state index is 12.5. The molecule has 0 aliphatic rings. The van der Waals surface area contributed by atoms with E-state index >= 15 is 0 Å². The average Bonchev–Trinajstić information content (AvgIpc) is 2.44. The molecule has 3 N–H and O–H groups in total. The smallest absolute Gasteiger partial charge is 0.237 e. The molecule has 0 saturated carbocycles. The number of amides is 3. The van der Waals surface area contributed by atoms with Crippen LogP contribution >= 0.6 is 0 Å². The van der Waals surface area contributed by atoms with Gasteiger partial charge < -0.3 is 16.0 Å². The lowest BCUT2D eigenvalue weighted by molar-refractivity contribution is -0.137. The van der Waals surface area contributed by atoms with Gasteiger partial charge in [-0.2, -0.15) is 0 Å². The predicted octanol–water partition coefficient (Wildman–Crippen LogP) is 0.976. The minimum atomic E-state index is -0.558. The molecule has 0 bridgehead atoms. The average molecular weight is 305 g/mol. The second-order valence-electron chi connectivity index (χ2n) is 5.45. The Bertz CT molecular complexity index is 529. The number of carbonyl (C=O) groups excluding carboxylic acids is 3. The number of primary amides is 1. The van der Waals surface area contributed by atoms with Crippen LogP contribution < -0.4 is 11.1 Å². The molecule has 1 aromatic rings. The molecule has 0 fully saturated rings. The van der Waals surface area contributed by atoms with E-state index in [0.717, 1.165) is 5.56 Å². The van der Waals surface area contributed by atoms with Crippen LogP contribution in [0.3, 0.4) is 0 Å². The fourth-order valence-electron chi connectivity index (χ4n) is 2.20. The molecule has 0 spiro atoms. The van der Waals surface area contributed by atoms with Crippen molar-refractivity contribution < 1.29 is 14.4 Å². The quantitative estimate of drug-likeness (QED) is 0.786. The molecule has 1 aromatic carbocycles. The summed E-state index contributed by atoms with van der Waals surface area (Å²) in [6.45, 7) is 4.91. The highest BCUT2D eigenvalue weighted by molar-refractivity contribution is 5.85. The van der Waals surface area contributed by atoms with Crippen molar-refractivity contribution in [2.24, 2.45) is 5.73 Å². The molecule has 120 valence electrons. The molecule has 1 unspecified atom stereocenters. The Morgan fingerprint density at radius 3 is 2.23 bits per heavy atom. The van der Waals surface area contributed by atoms with Crippen molar-refractivity contribution in [2.45, 2.75) is 39.3 Å². The van der Waals surface area contributed by atoms with Crippen LogP contribution in [0.1, 0.15) is 38.8 Å². The second kappa shape index (κ2) is 8.17. The van der Waals surface area contributed by atoms with E-state index in [4.69, 9.17) is 5.73 Å². The van der Waals surface area contributed by atoms with E-state index in [0.29, 0.717) is 0 Å². The van der Waals surface area contributed by atoms with Gasteiger partial charge in [0.2, 0.25) is 17.7 Å². The van der Waals surface area contributed by atoms with Crippen molar-refractivity contribution in [1.29, 1.82) is 0 Å². The number of nitrogens with two attached hydrogens (primary N) is 1. The molecule has 6 nitrogen and oxygen atoms in total. The number of rotatable bonds is 7. The molecular formula is C16H23N3O3. The summed E-state index contributed by atoms with van der Waals surface area (Å²) < 4.78 is 0. The van der Waals surface area contributed by atoms with Crippen molar-refractivity contribution >= 4 is 17.7 Å². The van der Waals surface area contributed by atoms with Gasteiger partial charge in [-0.25, -0.2) is 0 Å². The molecule has 0 saturated heterocycles. The number of carbonyl (C=O) groups is 3. The highest BCUT2D eigenvalue weighted by Crippen LogP contribution is 2.18. The van der Waals surface area contributed by atoms with Crippen LogP contribution in [-0.2, 0) is 14.4 Å². The second-order valence-corrected chi connectivity index (χ2v) is 5.45. The van der Waals surface area contributed by atoms with Crippen LogP contribution in [0.5, 0.6) is 0 Å². The molecule has 6 heteroatoms. The molecule has 3 amide bonds. The van der Waals surface area contributed by atoms with Crippen LogP contribution in [0, 0.1) is 0 Å². The topological polar surface area (TPSA) is 92.5 Å². The zero-order chi connectivity index (χ0) is 16.7. The minimum absolute atomic E-state index is 0.0784. The molecule has 0 aromatic heterocycles. The Labute approximate surface area is 130 Å². The van der Waals surface area contributed by atoms with Gasteiger partial charge in [-0.3, -0.25) is 14.4 Å². The van der Waals surface area contributed by atoms with Crippen LogP contribution in [0.25, 0.3) is 0 Å². The monoisotopic (exact) mass is 305 g/mol. The van der Waals surface area contributed by atoms with E-state index in [1.165, 1.54) is 11.8 Å². The third-order valence-corrected chi connectivity index (χ3v) is 3.23. The van der Waals surface area contributed by atoms with Crippen molar-refractivity contribution in [1.82, 2.24) is 10.2 Å². The fraction of sp³-hybridized carbons (Fsp3) is 0.438. The Kier molecular flexibility index (Phi) is 6.56. The van der Waals surface area contributed by atoms with E-state index < -0.39 is 11.9 Å². The number of benzene rings is 1. The van der Waals surface area contributed by atoms with Gasteiger partial charge in [-0.1, -0.05) is 30.3 Å². The summed E-state index contributed by atoms with van der Waals surface area (Å²) in [5.41, 5.74) is 6.03. The predicted molar refractivity (Wildman–Crippen MR) is 83.7 cm³/mol. The van der Waals surface area contributed by atoms with Gasteiger partial charge in [0, 0.05) is 13.0 Å². The van der Waals surface area contributed by atoms with Gasteiger partial charge in [-0.05, 0) is 19.4 Å². The Morgan fingerprint density at radius 2 is 1.77 bits per heavy atom. The molecule has 0 radical (unpaired) electrons. The molecule has 1 atom stereocenters. The normalized spacial score (nSPS) is 11.8. The van der Waals surface area contributed by atoms with Crippen molar-refractivity contribution in [2.75, 3.05) is 6.54 Å². The summed E-state index contributed by atoms with van der Waals surface area (Å²) in [6.07, 6.45) is 0.0784. The van der Waals surface area contributed by atoms with Crippen LogP contribution in [0.15, 0.2) is 30.3 Å². The summed E-state index contributed by atoms with van der Waals surface area (Å²) in [7, 11) is 0. The Morgan fingerprint density at radius 1 is 1.18 bits per heavy atom. The first-order valence-electron chi connectivity index (χ1n) is 7.21. The van der Waals surface area contributed by atoms with Gasteiger partial charge >= 0.3 is 0 Å². The van der Waals surface area contributed by atoms with Crippen molar-refractivity contribution in [3.8, 4) is 0 Å². The van der Waals surface area contributed by atoms with E-state index in [-0.39, 0.29) is 30.8 Å². The zero-order valence-corrected chi connectivity index (χ0v) is 13.2. The zero-order valence-electron chi connectivity index (χ0n) is 13.2. The van der Waals surface area contributed by atoms with Gasteiger partial charge in [0.15, 0.2) is 0 Å². The number of nitrogens with one attached hydrogen (secondary N) is 1. The lowest BCUT2D eigenvalue weighted by Crippen LogP contribution is -2.44. The van der Waals surface area contributed by atoms with Crippen LogP contribution in [-0.4, -0.2) is 35.2 Å². The number of nitrogens with zero attached hydrogens (tertiary/aromatic N) is 1. The van der Waals surface area contributed by atoms with Gasteiger partial charge in [0.1, 0.15) is 0 Å². The largest absolute Gasteiger partial charge is 0.368 e. The summed E-state index contributed by atoms with van der Waals surface area (Å²) >= 11 is 0. The Balaban J connectivity index is 2.90. The fourth-order valence-corrected chi connectivity index (χ4v) is 2.20. The van der Waals surface area contributed by atoms with E-state index in [9.17, 15) is 14.4 Å². The first-order valence-corrected chi connectivity index (χ1v) is 7.21. The van der Waals surface area contributed by atoms with Gasteiger partial charge in [0.25, 0.3) is 0 Å². The summed E-state index contributed by atoms with van der Waals surface area (Å²) in [5.74, 6) is -0.998. The third-order valence-electron chi connectivity index (χ3n) is 3.23. The number of hydrogen-bond acceptors (Lipinski definition) is 3. The van der Waals surface area contributed by atoms with Crippen molar-refractivity contribution in [3.05, 3.63) is 35.9 Å². The highest BCUT2D eigenvalue weighted by atomic mass is 16.2. The highest BCUT2D eigenvalue weighted by Gasteiger charge is 2.24. The third kappa shape index (κ3) is 5.55. The summed E-state index contributed by atoms with van der Waals surface area (Å²) in [5, 5.41) is 2.77. The lowest BCUT2D eigenvalue weighted by atomic mass is 10.0. The van der Waals surface area contributed by atoms with Gasteiger partial charge in [-0.15, -0.1) is 0 Å². The maximum absolute atomic E-state index is 12.5. The molecule has 0 aliphatic heterocycles. The maximum Gasteiger partial charge on any atom is 0.237 e. The summed E-state index contributed by atoms with van der Waals surface area (Å²) in [6, 6.07) is 8.68. The number of hydrogen-bond donors (Lipinski definition) is 2. The van der Waals surface area contributed by atoms with E-state index in [1.54, 1.807) is 0 Å². The van der Waals surface area contributed by atoms with Crippen molar-refractivity contribution in [3.63, 3.8) is 0 Å². The standard InChI is InChI=1S/C16H23N3O3/c1-11(2)19(10-15(17)21)16(22)9-14(18-12(3)20)13-7-5-4-6-8-13/h4-8,11,14H,9-10H2,1-3H3,(H2,17,21)(H,18,20). The molecule has 0 aliphatic carbocycles. The lowest BCUT2D eigenvalue weighted by Gasteiger charge is -2.28. The van der Waals surface area contributed by atoms with Crippen LogP contribution in [0.4, 0.5) is 0 Å². The minimum Gasteiger partial charge on any atom is -0.368 e. The first kappa shape index (κ1) is 17.7. The molecule has 0 heterocycles. The SMILES string of the molecule is CC(=O)NC(CC(=O)N(CC(N)=O)C(C)C)c1ccccc1. The van der Waals surface area contributed by atoms with Gasteiger partial charge in [0.05, 0.1) is 19.0 Å². The van der Waals surface area contributed by atoms with E-state index in [2.05, 4.69) is 5.32 Å². The molecule has 22 heavy (non-hydrogen) atoms.